The van der Waals surface area contributed by atoms with Gasteiger partial charge in [-0.25, -0.2) is 0 Å². The third-order valence-corrected chi connectivity index (χ3v) is 4.52. The normalized spacial score (nSPS) is 10.9. The van der Waals surface area contributed by atoms with E-state index in [1.807, 2.05) is 0 Å². The number of carboxylic acid groups (broad SMARTS) is 1. The summed E-state index contributed by atoms with van der Waals surface area (Å²) in [5.74, 6) is -0.700. The van der Waals surface area contributed by atoms with Crippen LogP contribution in [0.5, 0.6) is 0 Å². The number of nitrogens with two attached hydrogens (primary N) is 1. The first-order chi connectivity index (χ1) is 11.7. The standard InChI is InChI=1S/C21H35NO2/c1-2-3-4-5-6-7-8-9-11-19-13-15-20(16-14-19)18-22-17-10-12-21(23)24/h13-16,22H,2-12,17-18H2,1H3,(H,23,24)/p+1. The van der Waals surface area contributed by atoms with Gasteiger partial charge in [-0.1, -0.05) is 76.1 Å². The number of aliphatic carboxylic acids is 1. The SMILES string of the molecule is CCCCCCCCCCc1ccc(C[NH2+]CCCC(=O)O)cc1. The van der Waals surface area contributed by atoms with Crippen LogP contribution >= 0.6 is 0 Å². The minimum absolute atomic E-state index is 0.272. The summed E-state index contributed by atoms with van der Waals surface area (Å²) in [6, 6.07) is 8.94. The molecule has 0 radical (unpaired) electrons. The topological polar surface area (TPSA) is 53.9 Å². The van der Waals surface area contributed by atoms with Gasteiger partial charge in [0.05, 0.1) is 13.0 Å². The summed E-state index contributed by atoms with van der Waals surface area (Å²) < 4.78 is 0. The van der Waals surface area contributed by atoms with Crippen LogP contribution in [-0.4, -0.2) is 17.6 Å². The highest BCUT2D eigenvalue weighted by Gasteiger charge is 2.00. The van der Waals surface area contributed by atoms with Crippen LogP contribution in [0.2, 0.25) is 0 Å². The lowest BCUT2D eigenvalue weighted by Gasteiger charge is -2.05. The molecule has 0 heterocycles. The quantitative estimate of drug-likeness (QED) is 0.470. The van der Waals surface area contributed by atoms with E-state index in [1.165, 1.54) is 68.9 Å². The Bertz CT molecular complexity index is 428. The Morgan fingerprint density at radius 2 is 1.46 bits per heavy atom. The van der Waals surface area contributed by atoms with E-state index < -0.39 is 5.97 Å². The third kappa shape index (κ3) is 11.2. The van der Waals surface area contributed by atoms with Crippen molar-refractivity contribution in [3.8, 4) is 0 Å². The van der Waals surface area contributed by atoms with Gasteiger partial charge < -0.3 is 10.4 Å². The molecule has 0 aromatic heterocycles. The first kappa shape index (κ1) is 20.7. The molecule has 0 saturated heterocycles. The number of aryl methyl sites for hydroxylation is 1. The average molecular weight is 335 g/mol. The Balaban J connectivity index is 2.04. The number of quaternary nitrogens is 1. The van der Waals surface area contributed by atoms with Gasteiger partial charge in [0.15, 0.2) is 0 Å². The maximum absolute atomic E-state index is 10.4. The van der Waals surface area contributed by atoms with Crippen molar-refractivity contribution in [1.29, 1.82) is 0 Å². The Morgan fingerprint density at radius 3 is 2.08 bits per heavy atom. The zero-order chi connectivity index (χ0) is 17.5. The van der Waals surface area contributed by atoms with Crippen molar-refractivity contribution in [1.82, 2.24) is 0 Å². The van der Waals surface area contributed by atoms with Crippen LogP contribution in [0.3, 0.4) is 0 Å². The molecule has 1 rings (SSSR count). The lowest BCUT2D eigenvalue weighted by Crippen LogP contribution is -2.82. The summed E-state index contributed by atoms with van der Waals surface area (Å²) >= 11 is 0. The van der Waals surface area contributed by atoms with Crippen molar-refractivity contribution in [2.75, 3.05) is 6.54 Å². The van der Waals surface area contributed by atoms with Crippen LogP contribution in [-0.2, 0) is 17.8 Å². The molecule has 1 aromatic rings. The van der Waals surface area contributed by atoms with Crippen molar-refractivity contribution in [3.05, 3.63) is 35.4 Å². The van der Waals surface area contributed by atoms with E-state index in [2.05, 4.69) is 36.5 Å². The molecule has 0 aliphatic heterocycles. The second kappa shape index (κ2) is 14.0. The van der Waals surface area contributed by atoms with E-state index in [-0.39, 0.29) is 6.42 Å². The molecule has 0 atom stereocenters. The number of benzene rings is 1. The van der Waals surface area contributed by atoms with Gasteiger partial charge in [-0.05, 0) is 18.4 Å². The molecule has 0 aliphatic carbocycles. The maximum atomic E-state index is 10.4. The predicted molar refractivity (Wildman–Crippen MR) is 100 cm³/mol. The van der Waals surface area contributed by atoms with Crippen molar-refractivity contribution >= 4 is 5.97 Å². The number of hydrogen-bond acceptors (Lipinski definition) is 1. The molecule has 0 amide bonds. The highest BCUT2D eigenvalue weighted by atomic mass is 16.4. The van der Waals surface area contributed by atoms with Gasteiger partial charge >= 0.3 is 5.97 Å². The number of unbranched alkanes of at least 4 members (excludes halogenated alkanes) is 7. The van der Waals surface area contributed by atoms with Gasteiger partial charge in [-0.15, -0.1) is 0 Å². The molecule has 0 bridgehead atoms. The van der Waals surface area contributed by atoms with Crippen LogP contribution in [0.25, 0.3) is 0 Å². The van der Waals surface area contributed by atoms with E-state index >= 15 is 0 Å². The van der Waals surface area contributed by atoms with E-state index in [9.17, 15) is 4.79 Å². The molecule has 136 valence electrons. The van der Waals surface area contributed by atoms with E-state index in [1.54, 1.807) is 0 Å². The number of carboxylic acids is 1. The Morgan fingerprint density at radius 1 is 0.875 bits per heavy atom. The van der Waals surface area contributed by atoms with Crippen molar-refractivity contribution in [2.45, 2.75) is 84.1 Å². The van der Waals surface area contributed by atoms with Gasteiger partial charge in [-0.3, -0.25) is 4.79 Å². The minimum Gasteiger partial charge on any atom is -0.481 e. The summed E-state index contributed by atoms with van der Waals surface area (Å²) in [7, 11) is 0. The number of carbonyl (C=O) groups is 1. The van der Waals surface area contributed by atoms with Gasteiger partial charge in [0, 0.05) is 12.0 Å². The maximum Gasteiger partial charge on any atom is 0.303 e. The average Bonchev–Trinajstić information content (AvgIpc) is 2.58. The van der Waals surface area contributed by atoms with E-state index in [0.717, 1.165) is 19.5 Å². The second-order valence-corrected chi connectivity index (χ2v) is 6.82. The molecule has 0 spiro atoms. The number of hydrogen-bond donors (Lipinski definition) is 2. The fourth-order valence-corrected chi connectivity index (χ4v) is 2.97. The van der Waals surface area contributed by atoms with Crippen LogP contribution < -0.4 is 5.32 Å². The Kier molecular flexibility index (Phi) is 12.1. The molecule has 3 N–H and O–H groups in total. The number of rotatable bonds is 15. The zero-order valence-electron chi connectivity index (χ0n) is 15.4. The van der Waals surface area contributed by atoms with Crippen molar-refractivity contribution in [2.24, 2.45) is 0 Å². The van der Waals surface area contributed by atoms with E-state index in [0.29, 0.717) is 0 Å². The molecule has 1 aromatic carbocycles. The molecular weight excluding hydrogens is 298 g/mol. The first-order valence-electron chi connectivity index (χ1n) is 9.83. The monoisotopic (exact) mass is 334 g/mol. The van der Waals surface area contributed by atoms with Gasteiger partial charge in [0.2, 0.25) is 0 Å². The molecule has 24 heavy (non-hydrogen) atoms. The molecule has 0 aliphatic rings. The van der Waals surface area contributed by atoms with Crippen LogP contribution in [0, 0.1) is 0 Å². The van der Waals surface area contributed by atoms with Gasteiger partial charge in [0.25, 0.3) is 0 Å². The third-order valence-electron chi connectivity index (χ3n) is 4.52. The fraction of sp³-hybridized carbons (Fsp3) is 0.667. The van der Waals surface area contributed by atoms with Crippen molar-refractivity contribution < 1.29 is 15.2 Å². The zero-order valence-corrected chi connectivity index (χ0v) is 15.4. The van der Waals surface area contributed by atoms with Crippen molar-refractivity contribution in [3.63, 3.8) is 0 Å². The molecule has 3 nitrogen and oxygen atoms in total. The second-order valence-electron chi connectivity index (χ2n) is 6.82. The Labute approximate surface area is 147 Å². The lowest BCUT2D eigenvalue weighted by atomic mass is 10.0. The largest absolute Gasteiger partial charge is 0.481 e. The molecule has 0 fully saturated rings. The predicted octanol–water partition coefficient (Wildman–Crippen LogP) is 4.30. The smallest absolute Gasteiger partial charge is 0.303 e. The summed E-state index contributed by atoms with van der Waals surface area (Å²) in [4.78, 5) is 10.4. The minimum atomic E-state index is -0.700. The van der Waals surface area contributed by atoms with Crippen LogP contribution in [0.4, 0.5) is 0 Å². The van der Waals surface area contributed by atoms with Gasteiger partial charge in [0.1, 0.15) is 6.54 Å². The fourth-order valence-electron chi connectivity index (χ4n) is 2.97. The summed E-state index contributed by atoms with van der Waals surface area (Å²) in [6.45, 7) is 4.09. The molecule has 0 saturated carbocycles. The Hall–Kier alpha value is -1.35. The summed E-state index contributed by atoms with van der Waals surface area (Å²) in [5, 5.41) is 10.8. The lowest BCUT2D eigenvalue weighted by molar-refractivity contribution is -0.670. The summed E-state index contributed by atoms with van der Waals surface area (Å²) in [5.41, 5.74) is 2.76. The first-order valence-corrected chi connectivity index (χ1v) is 9.83. The van der Waals surface area contributed by atoms with E-state index in [4.69, 9.17) is 5.11 Å². The highest BCUT2D eigenvalue weighted by Crippen LogP contribution is 2.12. The van der Waals surface area contributed by atoms with Gasteiger partial charge in [-0.2, -0.15) is 0 Å². The molecule has 0 unspecified atom stereocenters. The molecular formula is C21H36NO2+. The van der Waals surface area contributed by atoms with Crippen LogP contribution in [0.15, 0.2) is 24.3 Å². The van der Waals surface area contributed by atoms with Crippen LogP contribution in [0.1, 0.15) is 82.3 Å². The molecule has 3 heteroatoms. The summed E-state index contributed by atoms with van der Waals surface area (Å²) in [6.07, 6.45) is 13.2. The highest BCUT2D eigenvalue weighted by molar-refractivity contribution is 5.66.